The molecular weight excluding hydrogens is 178 g/mol. The molecule has 2 rings (SSSR count). The van der Waals surface area contributed by atoms with Crippen molar-refractivity contribution in [1.29, 1.82) is 0 Å². The lowest BCUT2D eigenvalue weighted by Crippen LogP contribution is -1.80. The molecule has 0 aliphatic carbocycles. The number of ether oxygens (including phenoxy) is 1. The Hall–Kier alpha value is -0.740. The summed E-state index contributed by atoms with van der Waals surface area (Å²) in [6, 6.07) is 5.89. The lowest BCUT2D eigenvalue weighted by Gasteiger charge is -1.92. The van der Waals surface area contributed by atoms with Gasteiger partial charge in [-0.2, -0.15) is 0 Å². The van der Waals surface area contributed by atoms with Gasteiger partial charge in [-0.1, -0.05) is 6.07 Å². The van der Waals surface area contributed by atoms with Crippen LogP contribution in [0.2, 0.25) is 0 Å². The Morgan fingerprint density at radius 3 is 3.27 bits per heavy atom. The van der Waals surface area contributed by atoms with E-state index in [0.717, 1.165) is 16.0 Å². The molecule has 0 unspecified atom stereocenters. The van der Waals surface area contributed by atoms with Gasteiger partial charge in [0.25, 0.3) is 10.5 Å². The van der Waals surface area contributed by atoms with Gasteiger partial charge < -0.3 is 4.74 Å². The van der Waals surface area contributed by atoms with Crippen molar-refractivity contribution in [2.75, 3.05) is 7.11 Å². The lowest BCUT2D eigenvalue weighted by atomic mass is 10.3. The van der Waals surface area contributed by atoms with E-state index in [-0.39, 0.29) is 0 Å². The smallest absolute Gasteiger partial charge is 0.327 e. The first-order valence-electron chi connectivity index (χ1n) is 3.13. The van der Waals surface area contributed by atoms with Gasteiger partial charge in [0.1, 0.15) is 0 Å². The fourth-order valence-electron chi connectivity index (χ4n) is 0.917. The number of benzene rings is 1. The number of fused-ring (bicyclic) bond motifs is 1. The van der Waals surface area contributed by atoms with Crippen LogP contribution in [0.15, 0.2) is 18.2 Å². The van der Waals surface area contributed by atoms with Crippen LogP contribution in [0.5, 0.6) is 5.75 Å². The third-order valence-corrected chi connectivity index (χ3v) is 3.30. The van der Waals surface area contributed by atoms with E-state index < -0.39 is 0 Å². The summed E-state index contributed by atoms with van der Waals surface area (Å²) in [5.41, 5.74) is 1.03. The molecule has 0 spiro atoms. The third kappa shape index (κ3) is 1.08. The van der Waals surface area contributed by atoms with Crippen molar-refractivity contribution in [2.45, 2.75) is 0 Å². The molecular formula is C7H6NOS2+. The van der Waals surface area contributed by atoms with Crippen LogP contribution in [-0.2, 0) is 0 Å². The molecule has 11 heavy (non-hydrogen) atoms. The van der Waals surface area contributed by atoms with Crippen molar-refractivity contribution in [3.05, 3.63) is 18.2 Å². The summed E-state index contributed by atoms with van der Waals surface area (Å²) in [4.78, 5) is 0. The van der Waals surface area contributed by atoms with Crippen LogP contribution in [0.3, 0.4) is 0 Å². The molecule has 0 amide bonds. The minimum Gasteiger partial charge on any atom is -0.491 e. The molecule has 1 aromatic heterocycles. The maximum absolute atomic E-state index is 5.16. The van der Waals surface area contributed by atoms with Gasteiger partial charge in [-0.3, -0.25) is 0 Å². The molecule has 0 bridgehead atoms. The highest BCUT2D eigenvalue weighted by molar-refractivity contribution is 7.70. The van der Waals surface area contributed by atoms with Gasteiger partial charge >= 0.3 is 15.0 Å². The second-order valence-corrected chi connectivity index (χ2v) is 3.91. The highest BCUT2D eigenvalue weighted by Gasteiger charge is 2.14. The first kappa shape index (κ1) is 6.94. The van der Waals surface area contributed by atoms with Gasteiger partial charge in [0.05, 0.1) is 7.11 Å². The number of aromatic nitrogens is 1. The van der Waals surface area contributed by atoms with E-state index in [1.807, 2.05) is 18.2 Å². The van der Waals surface area contributed by atoms with Crippen LogP contribution in [-0.4, -0.2) is 11.5 Å². The normalized spacial score (nSPS) is 10.3. The topological polar surface area (TPSA) is 22.1 Å². The number of hydrogen-bond acceptors (Lipinski definition) is 3. The Balaban J connectivity index is 2.79. The summed E-state index contributed by atoms with van der Waals surface area (Å²) in [6.45, 7) is 0. The zero-order valence-corrected chi connectivity index (χ0v) is 7.54. The largest absolute Gasteiger partial charge is 0.491 e. The highest BCUT2D eigenvalue weighted by Crippen LogP contribution is 2.30. The molecule has 0 N–H and O–H groups in total. The molecule has 56 valence electrons. The summed E-state index contributed by atoms with van der Waals surface area (Å²) >= 11 is 0. The second-order valence-electron chi connectivity index (χ2n) is 2.06. The average molecular weight is 184 g/mol. The number of rotatable bonds is 1. The Morgan fingerprint density at radius 1 is 1.55 bits per heavy atom. The van der Waals surface area contributed by atoms with E-state index >= 15 is 0 Å². The van der Waals surface area contributed by atoms with Gasteiger partial charge in [0.2, 0.25) is 0 Å². The van der Waals surface area contributed by atoms with Crippen LogP contribution in [0, 0.1) is 0 Å². The van der Waals surface area contributed by atoms with E-state index in [1.165, 1.54) is 10.5 Å². The zero-order valence-electron chi connectivity index (χ0n) is 5.90. The fourth-order valence-corrected chi connectivity index (χ4v) is 2.83. The van der Waals surface area contributed by atoms with Gasteiger partial charge in [-0.25, -0.2) is 0 Å². The number of hydrogen-bond donors (Lipinski definition) is 0. The summed E-state index contributed by atoms with van der Waals surface area (Å²) in [6.07, 6.45) is 0. The lowest BCUT2D eigenvalue weighted by molar-refractivity contribution is 0.420. The SMILES string of the molecule is COc1cccc2ns[s+]c12. The van der Waals surface area contributed by atoms with Gasteiger partial charge in [-0.05, 0) is 12.1 Å². The zero-order chi connectivity index (χ0) is 7.68. The number of methoxy groups -OCH3 is 1. The Labute approximate surface area is 71.6 Å². The van der Waals surface area contributed by atoms with Crippen molar-refractivity contribution < 1.29 is 4.74 Å². The van der Waals surface area contributed by atoms with Crippen LogP contribution >= 0.6 is 20.9 Å². The average Bonchev–Trinajstić information content (AvgIpc) is 2.50. The monoisotopic (exact) mass is 184 g/mol. The van der Waals surface area contributed by atoms with Crippen molar-refractivity contribution in [3.63, 3.8) is 0 Å². The molecule has 0 saturated carbocycles. The summed E-state index contributed by atoms with van der Waals surface area (Å²) in [7, 11) is 4.82. The quantitative estimate of drug-likeness (QED) is 0.502. The highest BCUT2D eigenvalue weighted by atomic mass is 32.9. The van der Waals surface area contributed by atoms with Crippen molar-refractivity contribution in [2.24, 2.45) is 0 Å². The Kier molecular flexibility index (Phi) is 1.71. The standard InChI is InChI=1S/C7H6NOS2/c1-9-6-4-2-3-5-7(6)10-11-8-5/h2-4H,1H3/q+1. The van der Waals surface area contributed by atoms with Gasteiger partial charge in [0.15, 0.2) is 11.3 Å². The van der Waals surface area contributed by atoms with Crippen LogP contribution in [0.25, 0.3) is 10.2 Å². The fraction of sp³-hybridized carbons (Fsp3) is 0.143. The van der Waals surface area contributed by atoms with E-state index in [1.54, 1.807) is 17.5 Å². The Bertz CT molecular complexity index is 371. The molecule has 1 aromatic carbocycles. The third-order valence-electron chi connectivity index (χ3n) is 1.43. The number of nitrogens with zero attached hydrogens (tertiary/aromatic N) is 1. The van der Waals surface area contributed by atoms with Crippen molar-refractivity contribution >= 4 is 31.1 Å². The molecule has 2 nitrogen and oxygen atoms in total. The molecule has 0 aliphatic rings. The molecule has 2 aromatic rings. The molecule has 0 atom stereocenters. The molecule has 4 heteroatoms. The van der Waals surface area contributed by atoms with Crippen LogP contribution in [0.4, 0.5) is 0 Å². The van der Waals surface area contributed by atoms with Crippen LogP contribution in [0.1, 0.15) is 0 Å². The second kappa shape index (κ2) is 2.71. The van der Waals surface area contributed by atoms with E-state index in [0.29, 0.717) is 0 Å². The first-order chi connectivity index (χ1) is 5.42. The van der Waals surface area contributed by atoms with E-state index in [9.17, 15) is 0 Å². The summed E-state index contributed by atoms with van der Waals surface area (Å²) in [5.74, 6) is 0.918. The minimum absolute atomic E-state index is 0.918. The van der Waals surface area contributed by atoms with E-state index in [4.69, 9.17) is 4.74 Å². The Morgan fingerprint density at radius 2 is 2.45 bits per heavy atom. The molecule has 0 saturated heterocycles. The van der Waals surface area contributed by atoms with Gasteiger partial charge in [-0.15, -0.1) is 4.37 Å². The minimum atomic E-state index is 0.918. The van der Waals surface area contributed by atoms with Crippen molar-refractivity contribution in [3.8, 4) is 5.75 Å². The van der Waals surface area contributed by atoms with Gasteiger partial charge in [0, 0.05) is 0 Å². The molecule has 0 aliphatic heterocycles. The molecule has 1 heterocycles. The van der Waals surface area contributed by atoms with Crippen molar-refractivity contribution in [1.82, 2.24) is 4.37 Å². The summed E-state index contributed by atoms with van der Waals surface area (Å²) < 4.78 is 10.5. The summed E-state index contributed by atoms with van der Waals surface area (Å²) in [5, 5.41) is 0. The van der Waals surface area contributed by atoms with E-state index in [2.05, 4.69) is 4.37 Å². The predicted molar refractivity (Wildman–Crippen MR) is 48.5 cm³/mol. The molecule has 0 radical (unpaired) electrons. The molecule has 0 fully saturated rings. The predicted octanol–water partition coefficient (Wildman–Crippen LogP) is 2.65. The van der Waals surface area contributed by atoms with Crippen LogP contribution < -0.4 is 4.74 Å². The maximum Gasteiger partial charge on any atom is 0.327 e. The first-order valence-corrected chi connectivity index (χ1v) is 5.24. The maximum atomic E-state index is 5.16.